The van der Waals surface area contributed by atoms with Crippen LogP contribution in [0.1, 0.15) is 41.1 Å². The number of hydrogen-bond donors (Lipinski definition) is 0. The zero-order valence-corrected chi connectivity index (χ0v) is 19.7. The molecule has 1 fully saturated rings. The van der Waals surface area contributed by atoms with Crippen LogP contribution in [0.15, 0.2) is 83.3 Å². The molecule has 3 heteroatoms. The van der Waals surface area contributed by atoms with Gasteiger partial charge in [0.1, 0.15) is 0 Å². The van der Waals surface area contributed by atoms with Crippen LogP contribution in [0.4, 0.5) is 0 Å². The number of fused-ring (bicyclic) bond motifs is 1. The van der Waals surface area contributed by atoms with E-state index < -0.39 is 0 Å². The van der Waals surface area contributed by atoms with Gasteiger partial charge in [-0.1, -0.05) is 82.7 Å². The Balaban J connectivity index is 1.27. The quantitative estimate of drug-likeness (QED) is 0.450. The summed E-state index contributed by atoms with van der Waals surface area (Å²) in [7, 11) is 0. The van der Waals surface area contributed by atoms with Gasteiger partial charge in [-0.05, 0) is 60.1 Å². The summed E-state index contributed by atoms with van der Waals surface area (Å²) in [6.45, 7) is 4.71. The highest BCUT2D eigenvalue weighted by atomic mass is 79.9. The van der Waals surface area contributed by atoms with Crippen LogP contribution in [0.25, 0.3) is 0 Å². The molecule has 3 aromatic rings. The van der Waals surface area contributed by atoms with Crippen molar-refractivity contribution in [2.24, 2.45) is 0 Å². The summed E-state index contributed by atoms with van der Waals surface area (Å²) in [5.74, 6) is 0. The first-order valence-electron chi connectivity index (χ1n) is 11.6. The van der Waals surface area contributed by atoms with Crippen molar-refractivity contribution in [2.45, 2.75) is 37.8 Å². The van der Waals surface area contributed by atoms with Crippen LogP contribution in [0.2, 0.25) is 0 Å². The molecule has 0 saturated carbocycles. The van der Waals surface area contributed by atoms with Crippen LogP contribution in [0.3, 0.4) is 0 Å². The monoisotopic (exact) mass is 474 g/mol. The van der Waals surface area contributed by atoms with E-state index >= 15 is 0 Å². The van der Waals surface area contributed by atoms with Gasteiger partial charge in [0.05, 0.1) is 6.04 Å². The summed E-state index contributed by atoms with van der Waals surface area (Å²) < 4.78 is 1.21. The highest BCUT2D eigenvalue weighted by Gasteiger charge is 2.30. The Morgan fingerprint density at radius 1 is 0.677 bits per heavy atom. The largest absolute Gasteiger partial charge is 0.300 e. The SMILES string of the molecule is Brc1ccc2c(c1)CCN(C1CCN(C(c3ccccc3)c3ccccc3)CC1)CC2. The van der Waals surface area contributed by atoms with Crippen molar-refractivity contribution in [2.75, 3.05) is 26.2 Å². The van der Waals surface area contributed by atoms with Crippen LogP contribution >= 0.6 is 15.9 Å². The van der Waals surface area contributed by atoms with E-state index in [4.69, 9.17) is 0 Å². The Kier molecular flexibility index (Phi) is 6.54. The minimum Gasteiger partial charge on any atom is -0.300 e. The second-order valence-electron chi connectivity index (χ2n) is 8.94. The lowest BCUT2D eigenvalue weighted by Crippen LogP contribution is -2.46. The maximum absolute atomic E-state index is 3.65. The Hall–Kier alpha value is -1.94. The van der Waals surface area contributed by atoms with Gasteiger partial charge in [0, 0.05) is 36.7 Å². The van der Waals surface area contributed by atoms with E-state index in [-0.39, 0.29) is 0 Å². The molecule has 1 saturated heterocycles. The van der Waals surface area contributed by atoms with Crippen LogP contribution in [0, 0.1) is 0 Å². The number of benzene rings is 3. The van der Waals surface area contributed by atoms with Gasteiger partial charge in [-0.3, -0.25) is 9.80 Å². The summed E-state index contributed by atoms with van der Waals surface area (Å²) in [6.07, 6.45) is 4.87. The average molecular weight is 475 g/mol. The molecule has 2 aliphatic rings. The van der Waals surface area contributed by atoms with E-state index in [1.807, 2.05) is 0 Å². The number of likely N-dealkylation sites (tertiary alicyclic amines) is 1. The number of rotatable bonds is 4. The van der Waals surface area contributed by atoms with Crippen LogP contribution in [-0.4, -0.2) is 42.0 Å². The summed E-state index contributed by atoms with van der Waals surface area (Å²) in [4.78, 5) is 5.47. The van der Waals surface area contributed by atoms with Gasteiger partial charge in [0.15, 0.2) is 0 Å². The molecule has 160 valence electrons. The van der Waals surface area contributed by atoms with E-state index in [1.165, 1.54) is 65.5 Å². The second kappa shape index (κ2) is 9.68. The topological polar surface area (TPSA) is 6.48 Å². The highest BCUT2D eigenvalue weighted by molar-refractivity contribution is 9.10. The average Bonchev–Trinajstić information content (AvgIpc) is 3.03. The van der Waals surface area contributed by atoms with E-state index in [2.05, 4.69) is 105 Å². The molecule has 0 N–H and O–H groups in total. The van der Waals surface area contributed by atoms with Crippen LogP contribution in [-0.2, 0) is 12.8 Å². The minimum atomic E-state index is 0.356. The molecule has 0 spiro atoms. The molecule has 2 aliphatic heterocycles. The van der Waals surface area contributed by atoms with Gasteiger partial charge in [-0.15, -0.1) is 0 Å². The Bertz CT molecular complexity index is 941. The molecule has 31 heavy (non-hydrogen) atoms. The molecule has 3 aromatic carbocycles. The fourth-order valence-electron chi connectivity index (χ4n) is 5.47. The molecule has 0 amide bonds. The fourth-order valence-corrected chi connectivity index (χ4v) is 5.88. The van der Waals surface area contributed by atoms with Crippen molar-refractivity contribution in [3.05, 3.63) is 106 Å². The lowest BCUT2D eigenvalue weighted by atomic mass is 9.93. The first-order valence-corrected chi connectivity index (χ1v) is 12.4. The molecule has 0 radical (unpaired) electrons. The van der Waals surface area contributed by atoms with E-state index in [9.17, 15) is 0 Å². The molecule has 5 rings (SSSR count). The summed E-state index contributed by atoms with van der Waals surface area (Å²) in [5, 5.41) is 0. The first kappa shape index (κ1) is 20.9. The first-order chi connectivity index (χ1) is 15.3. The number of hydrogen-bond acceptors (Lipinski definition) is 2. The molecular formula is C28H31BrN2. The van der Waals surface area contributed by atoms with Gasteiger partial charge in [0.2, 0.25) is 0 Å². The Morgan fingerprint density at radius 2 is 1.26 bits per heavy atom. The van der Waals surface area contributed by atoms with Gasteiger partial charge in [0.25, 0.3) is 0 Å². The zero-order valence-electron chi connectivity index (χ0n) is 18.1. The van der Waals surface area contributed by atoms with Gasteiger partial charge < -0.3 is 0 Å². The van der Waals surface area contributed by atoms with Crippen molar-refractivity contribution < 1.29 is 0 Å². The minimum absolute atomic E-state index is 0.356. The molecule has 2 heterocycles. The molecule has 2 nitrogen and oxygen atoms in total. The van der Waals surface area contributed by atoms with Crippen molar-refractivity contribution in [1.82, 2.24) is 9.80 Å². The number of halogens is 1. The number of nitrogens with zero attached hydrogens (tertiary/aromatic N) is 2. The normalized spacial score (nSPS) is 18.6. The summed E-state index contributed by atoms with van der Waals surface area (Å²) >= 11 is 3.65. The van der Waals surface area contributed by atoms with Gasteiger partial charge in [-0.2, -0.15) is 0 Å². The summed E-state index contributed by atoms with van der Waals surface area (Å²) in [6, 6.07) is 30.0. The number of piperidine rings is 1. The third-order valence-electron chi connectivity index (χ3n) is 7.12. The predicted molar refractivity (Wildman–Crippen MR) is 132 cm³/mol. The predicted octanol–water partition coefficient (Wildman–Crippen LogP) is 6.10. The van der Waals surface area contributed by atoms with Gasteiger partial charge in [-0.25, -0.2) is 0 Å². The fraction of sp³-hybridized carbons (Fsp3) is 0.357. The zero-order chi connectivity index (χ0) is 21.0. The standard InChI is InChI=1S/C28H31BrN2/c29-26-12-11-22-13-17-30(18-14-25(22)21-26)27-15-19-31(20-16-27)28(23-7-3-1-4-8-23)24-9-5-2-6-10-24/h1-12,21,27-28H,13-20H2. The van der Waals surface area contributed by atoms with Crippen molar-refractivity contribution in [3.8, 4) is 0 Å². The maximum atomic E-state index is 3.65. The Labute approximate surface area is 195 Å². The molecule has 0 unspecified atom stereocenters. The van der Waals surface area contributed by atoms with Crippen molar-refractivity contribution in [3.63, 3.8) is 0 Å². The Morgan fingerprint density at radius 3 is 1.87 bits per heavy atom. The smallest absolute Gasteiger partial charge is 0.0601 e. The van der Waals surface area contributed by atoms with Crippen LogP contribution in [0.5, 0.6) is 0 Å². The molecule has 0 aromatic heterocycles. The van der Waals surface area contributed by atoms with Gasteiger partial charge >= 0.3 is 0 Å². The van der Waals surface area contributed by atoms with E-state index in [1.54, 1.807) is 0 Å². The second-order valence-corrected chi connectivity index (χ2v) is 9.86. The molecule has 0 atom stereocenters. The molecule has 0 bridgehead atoms. The summed E-state index contributed by atoms with van der Waals surface area (Å²) in [5.41, 5.74) is 5.88. The lowest BCUT2D eigenvalue weighted by Gasteiger charge is -2.41. The van der Waals surface area contributed by atoms with E-state index in [0.29, 0.717) is 12.1 Å². The third kappa shape index (κ3) is 4.79. The molecular weight excluding hydrogens is 444 g/mol. The highest BCUT2D eigenvalue weighted by Crippen LogP contribution is 2.32. The lowest BCUT2D eigenvalue weighted by molar-refractivity contribution is 0.0953. The maximum Gasteiger partial charge on any atom is 0.0601 e. The molecule has 0 aliphatic carbocycles. The van der Waals surface area contributed by atoms with Crippen molar-refractivity contribution >= 4 is 15.9 Å². The van der Waals surface area contributed by atoms with E-state index in [0.717, 1.165) is 13.1 Å². The third-order valence-corrected chi connectivity index (χ3v) is 7.61. The van der Waals surface area contributed by atoms with Crippen molar-refractivity contribution in [1.29, 1.82) is 0 Å². The van der Waals surface area contributed by atoms with Crippen LogP contribution < -0.4 is 0 Å².